The maximum absolute atomic E-state index is 13.3. The maximum atomic E-state index is 13.3. The number of hydrogen-bond acceptors (Lipinski definition) is 12. The number of rotatable bonds is 16. The number of halogens is 4. The van der Waals surface area contributed by atoms with Crippen molar-refractivity contribution in [2.24, 2.45) is 0 Å². The summed E-state index contributed by atoms with van der Waals surface area (Å²) in [5.74, 6) is 2.32. The Labute approximate surface area is 417 Å². The summed E-state index contributed by atoms with van der Waals surface area (Å²) >= 11 is 21.8. The van der Waals surface area contributed by atoms with Crippen molar-refractivity contribution in [2.45, 2.75) is 12.8 Å². The van der Waals surface area contributed by atoms with E-state index in [0.717, 1.165) is 29.8 Å². The van der Waals surface area contributed by atoms with Crippen LogP contribution in [-0.4, -0.2) is 86.2 Å². The molecule has 0 atom stereocenters. The van der Waals surface area contributed by atoms with Gasteiger partial charge >= 0.3 is 0 Å². The summed E-state index contributed by atoms with van der Waals surface area (Å²) in [7, 11) is -1.32. The first-order chi connectivity index (χ1) is 31.6. The van der Waals surface area contributed by atoms with Crippen LogP contribution in [0.5, 0.6) is 11.5 Å². The molecule has 0 saturated heterocycles. The second kappa shape index (κ2) is 21.4. The molecule has 0 radical (unpaired) electrons. The van der Waals surface area contributed by atoms with Crippen molar-refractivity contribution in [1.82, 2.24) is 29.5 Å². The number of sulfonamides is 2. The SMILES string of the molecule is COc1ccc(Br)cc1-n1c(-c2cccs2)nnc1N(C)S(=O)(=O)CCc1ccc(Cl)cc1.COc1ccc(Br)cc1-n1c(-c2cccs2)nnc1N(C)S(=O)(=O)CCc1ccc(Cl)cc1. The van der Waals surface area contributed by atoms with E-state index in [9.17, 15) is 16.8 Å². The normalized spacial score (nSPS) is 11.5. The van der Waals surface area contributed by atoms with Crippen molar-refractivity contribution >= 4 is 110 Å². The molecule has 0 bridgehead atoms. The highest BCUT2D eigenvalue weighted by Gasteiger charge is 2.30. The number of nitrogens with zero attached hydrogens (tertiary/aromatic N) is 8. The lowest BCUT2D eigenvalue weighted by atomic mass is 10.2. The van der Waals surface area contributed by atoms with Crippen LogP contribution in [0.1, 0.15) is 11.1 Å². The van der Waals surface area contributed by atoms with Gasteiger partial charge in [0.05, 0.1) is 46.9 Å². The van der Waals surface area contributed by atoms with Crippen LogP contribution in [0, 0.1) is 0 Å². The van der Waals surface area contributed by atoms with E-state index in [1.54, 1.807) is 59.8 Å². The molecule has 4 heterocycles. The lowest BCUT2D eigenvalue weighted by Gasteiger charge is -2.21. The zero-order valence-electron chi connectivity index (χ0n) is 35.5. The fraction of sp³-hybridized carbons (Fsp3) is 0.182. The van der Waals surface area contributed by atoms with Crippen molar-refractivity contribution in [3.05, 3.63) is 150 Å². The second-order valence-electron chi connectivity index (χ2n) is 14.2. The van der Waals surface area contributed by atoms with E-state index < -0.39 is 20.0 Å². The molecule has 0 N–H and O–H groups in total. The molecule has 0 aliphatic carbocycles. The van der Waals surface area contributed by atoms with Crippen molar-refractivity contribution < 1.29 is 26.3 Å². The standard InChI is InChI=1S/2C22H20BrClN4O3S2/c2*1-27(33(29,30)13-11-15-5-8-17(24)9-6-15)22-26-25-21(20-4-3-12-32-20)28(22)18-14-16(23)7-10-19(18)31-2/h2*3-10,12,14H,11,13H2,1-2H3. The van der Waals surface area contributed by atoms with Crippen LogP contribution in [0.3, 0.4) is 0 Å². The van der Waals surface area contributed by atoms with Crippen molar-refractivity contribution in [1.29, 1.82) is 0 Å². The second-order valence-corrected chi connectivity index (χ2v) is 23.1. The number of aryl methyl sites for hydroxylation is 2. The molecule has 4 aromatic carbocycles. The largest absolute Gasteiger partial charge is 0.495 e. The molecule has 0 aliphatic rings. The van der Waals surface area contributed by atoms with E-state index in [1.807, 2.05) is 83.6 Å². The number of aromatic nitrogens is 6. The molecule has 0 unspecified atom stereocenters. The van der Waals surface area contributed by atoms with Crippen LogP contribution in [0.4, 0.5) is 11.9 Å². The predicted molar refractivity (Wildman–Crippen MR) is 273 cm³/mol. The monoisotopic (exact) mass is 1130 g/mol. The Morgan fingerprint density at radius 3 is 1.29 bits per heavy atom. The van der Waals surface area contributed by atoms with Crippen LogP contribution >= 0.6 is 77.7 Å². The van der Waals surface area contributed by atoms with Gasteiger partial charge < -0.3 is 9.47 Å². The van der Waals surface area contributed by atoms with Gasteiger partial charge in [-0.1, -0.05) is 91.5 Å². The van der Waals surface area contributed by atoms with Gasteiger partial charge in [0.25, 0.3) is 0 Å². The van der Waals surface area contributed by atoms with E-state index in [-0.39, 0.29) is 23.4 Å². The number of thiophene rings is 2. The van der Waals surface area contributed by atoms with E-state index in [0.29, 0.717) is 57.4 Å². The van der Waals surface area contributed by atoms with Gasteiger partial charge in [-0.15, -0.1) is 43.1 Å². The van der Waals surface area contributed by atoms with Crippen molar-refractivity contribution in [2.75, 3.05) is 48.4 Å². The molecule has 0 amide bonds. The molecule has 22 heteroatoms. The lowest BCUT2D eigenvalue weighted by molar-refractivity contribution is 0.413. The van der Waals surface area contributed by atoms with Crippen LogP contribution in [-0.2, 0) is 32.9 Å². The average Bonchev–Trinajstić information content (AvgIpc) is 4.16. The van der Waals surface area contributed by atoms with Gasteiger partial charge in [-0.05, 0) is 108 Å². The van der Waals surface area contributed by atoms with Crippen LogP contribution < -0.4 is 18.1 Å². The fourth-order valence-corrected chi connectivity index (χ4v) is 11.1. The molecule has 0 saturated carbocycles. The number of benzene rings is 4. The number of methoxy groups -OCH3 is 2. The lowest BCUT2D eigenvalue weighted by Crippen LogP contribution is -2.32. The number of anilines is 2. The molecule has 0 spiro atoms. The first kappa shape index (κ1) is 49.1. The topological polar surface area (TPSA) is 155 Å². The summed E-state index contributed by atoms with van der Waals surface area (Å²) in [6, 6.07) is 32.9. The Bertz CT molecular complexity index is 2930. The van der Waals surface area contributed by atoms with E-state index in [4.69, 9.17) is 32.7 Å². The Kier molecular flexibility index (Phi) is 16.0. The maximum Gasteiger partial charge on any atom is 0.245 e. The summed E-state index contributed by atoms with van der Waals surface area (Å²) in [6.45, 7) is 0. The summed E-state index contributed by atoms with van der Waals surface area (Å²) in [6.07, 6.45) is 0.686. The third-order valence-corrected chi connectivity index (χ3v) is 16.7. The van der Waals surface area contributed by atoms with Crippen LogP contribution in [0.15, 0.2) is 129 Å². The summed E-state index contributed by atoms with van der Waals surface area (Å²) < 4.78 is 71.5. The van der Waals surface area contributed by atoms with E-state index in [1.165, 1.54) is 45.4 Å². The first-order valence-corrected chi connectivity index (χ1v) is 27.0. The third kappa shape index (κ3) is 11.3. The molecular formula is C44H40Br2Cl2N8O6S4. The molecule has 8 aromatic rings. The number of ether oxygens (including phenoxy) is 2. The molecular weight excluding hydrogens is 1100 g/mol. The van der Waals surface area contributed by atoms with Gasteiger partial charge in [0.2, 0.25) is 31.9 Å². The highest BCUT2D eigenvalue weighted by Crippen LogP contribution is 2.38. The molecule has 0 fully saturated rings. The minimum Gasteiger partial charge on any atom is -0.495 e. The van der Waals surface area contributed by atoms with Crippen LogP contribution in [0.2, 0.25) is 10.0 Å². The molecule has 344 valence electrons. The van der Waals surface area contributed by atoms with Gasteiger partial charge in [-0.25, -0.2) is 25.4 Å². The van der Waals surface area contributed by atoms with Crippen LogP contribution in [0.25, 0.3) is 32.8 Å². The Morgan fingerprint density at radius 2 is 0.955 bits per heavy atom. The molecule has 14 nitrogen and oxygen atoms in total. The third-order valence-electron chi connectivity index (χ3n) is 10.1. The fourth-order valence-electron chi connectivity index (χ4n) is 6.53. The smallest absolute Gasteiger partial charge is 0.245 e. The highest BCUT2D eigenvalue weighted by atomic mass is 79.9. The Morgan fingerprint density at radius 1 is 0.576 bits per heavy atom. The minimum absolute atomic E-state index is 0.0953. The van der Waals surface area contributed by atoms with E-state index >= 15 is 0 Å². The van der Waals surface area contributed by atoms with Gasteiger partial charge in [0.1, 0.15) is 11.5 Å². The predicted octanol–water partition coefficient (Wildman–Crippen LogP) is 10.9. The summed E-state index contributed by atoms with van der Waals surface area (Å²) in [5.41, 5.74) is 3.00. The summed E-state index contributed by atoms with van der Waals surface area (Å²) in [4.78, 5) is 1.70. The Balaban J connectivity index is 0.000000196. The average molecular weight is 1140 g/mol. The Hall–Kier alpha value is -4.80. The molecule has 0 aliphatic heterocycles. The van der Waals surface area contributed by atoms with Crippen molar-refractivity contribution in [3.8, 4) is 44.3 Å². The first-order valence-electron chi connectivity index (χ1n) is 19.7. The molecule has 66 heavy (non-hydrogen) atoms. The number of hydrogen-bond donors (Lipinski definition) is 0. The minimum atomic E-state index is -3.71. The van der Waals surface area contributed by atoms with Gasteiger partial charge in [0.15, 0.2) is 11.6 Å². The zero-order chi connectivity index (χ0) is 47.2. The van der Waals surface area contributed by atoms with Gasteiger partial charge in [0, 0.05) is 33.1 Å². The van der Waals surface area contributed by atoms with E-state index in [2.05, 4.69) is 52.3 Å². The quantitative estimate of drug-likeness (QED) is 0.0913. The highest BCUT2D eigenvalue weighted by molar-refractivity contribution is 9.10. The molecule has 4 aromatic heterocycles. The summed E-state index contributed by atoms with van der Waals surface area (Å²) in [5, 5.41) is 22.3. The van der Waals surface area contributed by atoms with Gasteiger partial charge in [-0.3, -0.25) is 9.13 Å². The zero-order valence-corrected chi connectivity index (χ0v) is 43.5. The van der Waals surface area contributed by atoms with Crippen molar-refractivity contribution in [3.63, 3.8) is 0 Å². The van der Waals surface area contributed by atoms with Gasteiger partial charge in [-0.2, -0.15) is 0 Å². The molecule has 8 rings (SSSR count).